The van der Waals surface area contributed by atoms with Gasteiger partial charge in [0.25, 0.3) is 0 Å². The number of hydrogen-bond acceptors (Lipinski definition) is 3. The molecule has 2 atom stereocenters. The Hall–Kier alpha value is -3.61. The van der Waals surface area contributed by atoms with Crippen molar-refractivity contribution in [2.45, 2.75) is 19.1 Å². The number of aromatic nitrogens is 3. The Morgan fingerprint density at radius 3 is 2.76 bits per heavy atom. The molecule has 6 heteroatoms. The second-order valence-corrected chi connectivity index (χ2v) is 8.93. The molecule has 2 aromatic carbocycles. The first-order chi connectivity index (χ1) is 16.7. The van der Waals surface area contributed by atoms with Gasteiger partial charge in [0.05, 0.1) is 12.6 Å². The van der Waals surface area contributed by atoms with E-state index >= 15 is 0 Å². The third-order valence-corrected chi connectivity index (χ3v) is 7.00. The van der Waals surface area contributed by atoms with Gasteiger partial charge in [-0.25, -0.2) is 10.3 Å². The molecule has 0 bridgehead atoms. The standard InChI is InChI=1S/C28H28N5O/c1-19(20-7-4-3-5-8-20)32-14-13-29-27(18-32)33-17-24(23-16-22(34-2)10-11-26(23)33)25-15-21-9-6-12-30-28(21)31-25/h3-12,15-17,19,27H,13-14,18H2,1-2H3,(H,30,31). The first kappa shape index (κ1) is 21.0. The quantitative estimate of drug-likeness (QED) is 0.391. The van der Waals surface area contributed by atoms with Crippen molar-refractivity contribution in [1.82, 2.24) is 24.8 Å². The maximum absolute atomic E-state index is 5.56. The zero-order chi connectivity index (χ0) is 23.1. The Balaban J connectivity index is 1.41. The molecular weight excluding hydrogens is 422 g/mol. The molecule has 3 aromatic heterocycles. The molecule has 1 saturated heterocycles. The summed E-state index contributed by atoms with van der Waals surface area (Å²) in [6.07, 6.45) is 4.10. The van der Waals surface area contributed by atoms with Crippen LogP contribution in [0, 0.1) is 0 Å². The van der Waals surface area contributed by atoms with Crippen molar-refractivity contribution in [2.24, 2.45) is 0 Å². The number of ether oxygens (including phenoxy) is 1. The lowest BCUT2D eigenvalue weighted by Gasteiger charge is -2.37. The molecule has 0 spiro atoms. The van der Waals surface area contributed by atoms with Gasteiger partial charge in [0.1, 0.15) is 17.6 Å². The highest BCUT2D eigenvalue weighted by Gasteiger charge is 2.27. The fraction of sp³-hybridized carbons (Fsp3) is 0.250. The van der Waals surface area contributed by atoms with E-state index in [4.69, 9.17) is 10.1 Å². The third kappa shape index (κ3) is 3.65. The van der Waals surface area contributed by atoms with E-state index in [9.17, 15) is 0 Å². The second kappa shape index (κ2) is 8.63. The molecule has 0 aliphatic carbocycles. The summed E-state index contributed by atoms with van der Waals surface area (Å²) in [5.74, 6) is 0.848. The number of pyridine rings is 1. The van der Waals surface area contributed by atoms with Crippen LogP contribution >= 0.6 is 0 Å². The minimum atomic E-state index is 0.0482. The summed E-state index contributed by atoms with van der Waals surface area (Å²) in [5, 5.41) is 7.29. The van der Waals surface area contributed by atoms with E-state index in [0.29, 0.717) is 6.04 Å². The van der Waals surface area contributed by atoms with Gasteiger partial charge in [-0.1, -0.05) is 30.3 Å². The highest BCUT2D eigenvalue weighted by atomic mass is 16.5. The minimum Gasteiger partial charge on any atom is -0.497 e. The number of fused-ring (bicyclic) bond motifs is 2. The van der Waals surface area contributed by atoms with Crippen LogP contribution in [0.1, 0.15) is 24.7 Å². The summed E-state index contributed by atoms with van der Waals surface area (Å²) < 4.78 is 7.89. The van der Waals surface area contributed by atoms with Crippen molar-refractivity contribution in [2.75, 3.05) is 26.7 Å². The number of hydrogen-bond donors (Lipinski definition) is 1. The number of benzene rings is 2. The molecular formula is C28H28N5O. The summed E-state index contributed by atoms with van der Waals surface area (Å²) in [7, 11) is 1.71. The Labute approximate surface area is 199 Å². The predicted molar refractivity (Wildman–Crippen MR) is 136 cm³/mol. The van der Waals surface area contributed by atoms with Crippen LogP contribution in [0.25, 0.3) is 33.2 Å². The summed E-state index contributed by atoms with van der Waals surface area (Å²) in [4.78, 5) is 10.5. The molecule has 1 N–H and O–H groups in total. The van der Waals surface area contributed by atoms with Gasteiger partial charge in [-0.3, -0.25) is 4.90 Å². The van der Waals surface area contributed by atoms with E-state index in [1.807, 2.05) is 18.3 Å². The molecule has 0 saturated carbocycles. The maximum Gasteiger partial charge on any atom is 0.137 e. The number of H-pyrrole nitrogens is 1. The van der Waals surface area contributed by atoms with E-state index in [0.717, 1.165) is 58.6 Å². The smallest absolute Gasteiger partial charge is 0.137 e. The average molecular weight is 451 g/mol. The lowest BCUT2D eigenvalue weighted by Crippen LogP contribution is -2.45. The second-order valence-electron chi connectivity index (χ2n) is 8.93. The normalized spacial score (nSPS) is 17.9. The summed E-state index contributed by atoms with van der Waals surface area (Å²) >= 11 is 0. The molecule has 34 heavy (non-hydrogen) atoms. The van der Waals surface area contributed by atoms with Crippen LogP contribution in [0.4, 0.5) is 0 Å². The molecule has 1 aliphatic rings. The molecule has 4 heterocycles. The van der Waals surface area contributed by atoms with E-state index in [-0.39, 0.29) is 6.17 Å². The first-order valence-electron chi connectivity index (χ1n) is 11.8. The molecule has 0 amide bonds. The fourth-order valence-corrected chi connectivity index (χ4v) is 5.09. The summed E-state index contributed by atoms with van der Waals surface area (Å²) in [6.45, 7) is 4.96. The third-order valence-electron chi connectivity index (χ3n) is 7.00. The van der Waals surface area contributed by atoms with Gasteiger partial charge in [0.2, 0.25) is 0 Å². The fourth-order valence-electron chi connectivity index (χ4n) is 5.09. The molecule has 1 radical (unpaired) electrons. The highest BCUT2D eigenvalue weighted by Crippen LogP contribution is 2.36. The van der Waals surface area contributed by atoms with Crippen molar-refractivity contribution < 1.29 is 4.74 Å². The van der Waals surface area contributed by atoms with Crippen molar-refractivity contribution in [3.63, 3.8) is 0 Å². The van der Waals surface area contributed by atoms with Gasteiger partial charge in [0, 0.05) is 60.1 Å². The molecule has 1 aliphatic heterocycles. The van der Waals surface area contributed by atoms with Gasteiger partial charge < -0.3 is 14.3 Å². The van der Waals surface area contributed by atoms with Crippen molar-refractivity contribution in [1.29, 1.82) is 0 Å². The van der Waals surface area contributed by atoms with Crippen LogP contribution in [0.5, 0.6) is 5.75 Å². The van der Waals surface area contributed by atoms with Crippen molar-refractivity contribution in [3.8, 4) is 17.0 Å². The Bertz CT molecular complexity index is 1400. The van der Waals surface area contributed by atoms with Crippen molar-refractivity contribution in [3.05, 3.63) is 84.7 Å². The van der Waals surface area contributed by atoms with Crippen LogP contribution in [-0.2, 0) is 0 Å². The van der Waals surface area contributed by atoms with E-state index in [2.05, 4.69) is 87.2 Å². The minimum absolute atomic E-state index is 0.0482. The van der Waals surface area contributed by atoms with Crippen LogP contribution in [0.15, 0.2) is 79.1 Å². The first-order valence-corrected chi connectivity index (χ1v) is 11.8. The van der Waals surface area contributed by atoms with E-state index in [1.54, 1.807) is 7.11 Å². The number of aromatic amines is 1. The molecule has 2 unspecified atom stereocenters. The number of piperazine rings is 1. The van der Waals surface area contributed by atoms with Crippen LogP contribution < -0.4 is 10.1 Å². The van der Waals surface area contributed by atoms with Crippen LogP contribution in [0.3, 0.4) is 0 Å². The topological polar surface area (TPSA) is 60.2 Å². The number of methoxy groups -OCH3 is 1. The number of nitrogens with one attached hydrogen (secondary N) is 1. The van der Waals surface area contributed by atoms with Crippen molar-refractivity contribution >= 4 is 21.9 Å². The lowest BCUT2D eigenvalue weighted by molar-refractivity contribution is 0.125. The Morgan fingerprint density at radius 1 is 1.06 bits per heavy atom. The van der Waals surface area contributed by atoms with Gasteiger partial charge >= 0.3 is 0 Å². The molecule has 1 fully saturated rings. The molecule has 6 nitrogen and oxygen atoms in total. The SMILES string of the molecule is COc1ccc2c(c1)c(-c1cc3cccnc3[nH]1)cn2C1CN(C(C)c2ccccc2)CC[N]1. The molecule has 6 rings (SSSR count). The Morgan fingerprint density at radius 2 is 1.94 bits per heavy atom. The van der Waals surface area contributed by atoms with E-state index < -0.39 is 0 Å². The predicted octanol–water partition coefficient (Wildman–Crippen LogP) is 5.37. The van der Waals surface area contributed by atoms with Crippen LogP contribution in [-0.4, -0.2) is 46.2 Å². The van der Waals surface area contributed by atoms with Gasteiger partial charge in [-0.2, -0.15) is 0 Å². The largest absolute Gasteiger partial charge is 0.497 e. The number of rotatable bonds is 5. The lowest BCUT2D eigenvalue weighted by atomic mass is 10.1. The summed E-state index contributed by atoms with van der Waals surface area (Å²) in [6, 6.07) is 23.6. The zero-order valence-electron chi connectivity index (χ0n) is 19.5. The van der Waals surface area contributed by atoms with Gasteiger partial charge in [0.15, 0.2) is 0 Å². The highest BCUT2D eigenvalue weighted by molar-refractivity contribution is 5.98. The maximum atomic E-state index is 5.56. The van der Waals surface area contributed by atoms with Crippen LogP contribution in [0.2, 0.25) is 0 Å². The zero-order valence-corrected chi connectivity index (χ0v) is 19.5. The monoisotopic (exact) mass is 450 g/mol. The average Bonchev–Trinajstić information content (AvgIpc) is 3.50. The van der Waals surface area contributed by atoms with Gasteiger partial charge in [-0.15, -0.1) is 0 Å². The number of nitrogens with zero attached hydrogens (tertiary/aromatic N) is 4. The summed E-state index contributed by atoms with van der Waals surface area (Å²) in [5.41, 5.74) is 5.58. The molecule has 171 valence electrons. The van der Waals surface area contributed by atoms with Gasteiger partial charge in [-0.05, 0) is 48.9 Å². The Kier molecular flexibility index (Phi) is 5.32. The van der Waals surface area contributed by atoms with E-state index in [1.165, 1.54) is 5.56 Å². The molecule has 5 aromatic rings.